The first-order valence-electron chi connectivity index (χ1n) is 10.4. The topological polar surface area (TPSA) is 171 Å². The molecule has 13 nitrogen and oxygen atoms in total. The lowest BCUT2D eigenvalue weighted by molar-refractivity contribution is 0.0540. The number of hydrogen-bond donors (Lipinski definition) is 3. The van der Waals surface area contributed by atoms with Crippen molar-refractivity contribution in [1.82, 2.24) is 30.3 Å². The molecule has 15 heteroatoms. The summed E-state index contributed by atoms with van der Waals surface area (Å²) in [6.45, 7) is 2.55. The second kappa shape index (κ2) is 9.90. The third-order valence-electron chi connectivity index (χ3n) is 5.51. The molecular formula is C20H21ClN8O5S. The molecule has 3 aromatic rings. The molecule has 184 valence electrons. The third kappa shape index (κ3) is 4.92. The van der Waals surface area contributed by atoms with Gasteiger partial charge in [-0.05, 0) is 13.3 Å². The van der Waals surface area contributed by atoms with Crippen LogP contribution in [0.15, 0.2) is 6.20 Å². The number of ether oxygens (including phenoxy) is 2. The standard InChI is InChI=1S/C20H21ClN8O5S/c1-9-14(21)10(6-22)15(23-9)17(30)24-11-4-5-29(8-13(11)33-3)19-25-16(12-7-28(2)27-26-12)18(35-19)34-20(31)32/h7,11,13,23H,4-5,8H2,1-3H3,(H,24,30)(H,31,32)/t11-,13+/m1/s1. The number of carbonyl (C=O) groups is 2. The number of H-pyrrole nitrogens is 1. The van der Waals surface area contributed by atoms with Crippen molar-refractivity contribution in [1.29, 1.82) is 5.26 Å². The molecule has 1 aliphatic rings. The number of aryl methyl sites for hydroxylation is 2. The number of methoxy groups -OCH3 is 1. The lowest BCUT2D eigenvalue weighted by Crippen LogP contribution is -2.55. The quantitative estimate of drug-likeness (QED) is 0.409. The number of amides is 1. The van der Waals surface area contributed by atoms with Gasteiger partial charge in [0.2, 0.25) is 5.06 Å². The van der Waals surface area contributed by atoms with E-state index in [0.29, 0.717) is 36.0 Å². The van der Waals surface area contributed by atoms with Gasteiger partial charge in [-0.1, -0.05) is 28.2 Å². The van der Waals surface area contributed by atoms with Gasteiger partial charge in [0.1, 0.15) is 28.7 Å². The summed E-state index contributed by atoms with van der Waals surface area (Å²) in [6.07, 6.45) is 0.252. The predicted octanol–water partition coefficient (Wildman–Crippen LogP) is 2.18. The number of aromatic nitrogens is 5. The highest BCUT2D eigenvalue weighted by Crippen LogP contribution is 2.39. The van der Waals surface area contributed by atoms with E-state index in [0.717, 1.165) is 11.3 Å². The summed E-state index contributed by atoms with van der Waals surface area (Å²) in [6, 6.07) is 1.62. The molecule has 1 amide bonds. The Balaban J connectivity index is 1.52. The summed E-state index contributed by atoms with van der Waals surface area (Å²) in [5.74, 6) is -0.451. The summed E-state index contributed by atoms with van der Waals surface area (Å²) >= 11 is 7.18. The Bertz CT molecular complexity index is 1310. The lowest BCUT2D eigenvalue weighted by atomic mass is 10.0. The van der Waals surface area contributed by atoms with Crippen LogP contribution in [0, 0.1) is 18.3 Å². The minimum Gasteiger partial charge on any atom is -0.449 e. The van der Waals surface area contributed by atoms with Gasteiger partial charge in [-0.15, -0.1) is 5.10 Å². The van der Waals surface area contributed by atoms with Crippen LogP contribution in [0.4, 0.5) is 9.93 Å². The molecule has 3 aromatic heterocycles. The first-order valence-corrected chi connectivity index (χ1v) is 11.6. The summed E-state index contributed by atoms with van der Waals surface area (Å²) in [4.78, 5) is 33.4. The molecule has 2 atom stereocenters. The summed E-state index contributed by atoms with van der Waals surface area (Å²) in [5.41, 5.74) is 1.39. The number of thiazole rings is 1. The fraction of sp³-hybridized carbons (Fsp3) is 0.400. The van der Waals surface area contributed by atoms with Crippen LogP contribution in [0.25, 0.3) is 11.4 Å². The van der Waals surface area contributed by atoms with Crippen molar-refractivity contribution in [2.75, 3.05) is 25.1 Å². The van der Waals surface area contributed by atoms with Crippen LogP contribution in [0.5, 0.6) is 5.06 Å². The Morgan fingerprint density at radius 2 is 2.23 bits per heavy atom. The van der Waals surface area contributed by atoms with E-state index in [2.05, 4.69) is 25.6 Å². The number of nitriles is 1. The van der Waals surface area contributed by atoms with Gasteiger partial charge in [-0.25, -0.2) is 9.78 Å². The highest BCUT2D eigenvalue weighted by atomic mass is 35.5. The molecule has 0 saturated carbocycles. The zero-order valence-corrected chi connectivity index (χ0v) is 20.5. The van der Waals surface area contributed by atoms with E-state index in [1.807, 2.05) is 11.0 Å². The fourth-order valence-corrected chi connectivity index (χ4v) is 4.95. The molecule has 4 heterocycles. The zero-order valence-electron chi connectivity index (χ0n) is 18.9. The molecule has 0 unspecified atom stereocenters. The van der Waals surface area contributed by atoms with Gasteiger partial charge in [0.05, 0.1) is 23.4 Å². The number of piperidine rings is 1. The number of nitrogens with one attached hydrogen (secondary N) is 2. The van der Waals surface area contributed by atoms with Crippen LogP contribution in [-0.2, 0) is 11.8 Å². The van der Waals surface area contributed by atoms with E-state index in [1.165, 1.54) is 11.8 Å². The minimum absolute atomic E-state index is 0.0837. The van der Waals surface area contributed by atoms with Crippen molar-refractivity contribution in [3.05, 3.63) is 28.2 Å². The van der Waals surface area contributed by atoms with E-state index in [1.54, 1.807) is 20.2 Å². The molecule has 1 fully saturated rings. The number of carbonyl (C=O) groups excluding carboxylic acids is 1. The number of rotatable bonds is 6. The van der Waals surface area contributed by atoms with Crippen LogP contribution in [0.2, 0.25) is 5.02 Å². The number of nitrogens with zero attached hydrogens (tertiary/aromatic N) is 6. The van der Waals surface area contributed by atoms with Crippen LogP contribution >= 0.6 is 22.9 Å². The Labute approximate surface area is 208 Å². The molecule has 0 aromatic carbocycles. The van der Waals surface area contributed by atoms with Gasteiger partial charge in [-0.2, -0.15) is 5.26 Å². The molecule has 0 bridgehead atoms. The van der Waals surface area contributed by atoms with Crippen molar-refractivity contribution in [2.24, 2.45) is 7.05 Å². The summed E-state index contributed by atoms with van der Waals surface area (Å²) in [7, 11) is 3.22. The number of anilines is 1. The zero-order chi connectivity index (χ0) is 25.3. The number of hydrogen-bond acceptors (Lipinski definition) is 10. The van der Waals surface area contributed by atoms with Crippen molar-refractivity contribution >= 4 is 40.1 Å². The Hall–Kier alpha value is -3.67. The van der Waals surface area contributed by atoms with Gasteiger partial charge < -0.3 is 29.8 Å². The van der Waals surface area contributed by atoms with Crippen molar-refractivity contribution < 1.29 is 24.2 Å². The van der Waals surface area contributed by atoms with E-state index >= 15 is 0 Å². The molecule has 1 saturated heterocycles. The number of aromatic amines is 1. The van der Waals surface area contributed by atoms with E-state index in [9.17, 15) is 14.9 Å². The molecule has 0 aliphatic carbocycles. The van der Waals surface area contributed by atoms with Gasteiger partial charge >= 0.3 is 6.16 Å². The van der Waals surface area contributed by atoms with Crippen molar-refractivity contribution in [2.45, 2.75) is 25.5 Å². The first kappa shape index (κ1) is 24.5. The molecule has 4 rings (SSSR count). The van der Waals surface area contributed by atoms with Crippen molar-refractivity contribution in [3.63, 3.8) is 0 Å². The largest absolute Gasteiger partial charge is 0.512 e. The Morgan fingerprint density at radius 3 is 2.86 bits per heavy atom. The Morgan fingerprint density at radius 1 is 1.46 bits per heavy atom. The smallest absolute Gasteiger partial charge is 0.449 e. The maximum Gasteiger partial charge on any atom is 0.512 e. The van der Waals surface area contributed by atoms with Crippen LogP contribution in [0.3, 0.4) is 0 Å². The maximum atomic E-state index is 12.9. The molecular weight excluding hydrogens is 500 g/mol. The van der Waals surface area contributed by atoms with Crippen LogP contribution in [0.1, 0.15) is 28.2 Å². The molecule has 35 heavy (non-hydrogen) atoms. The van der Waals surface area contributed by atoms with E-state index in [-0.39, 0.29) is 33.1 Å². The first-order chi connectivity index (χ1) is 16.7. The average molecular weight is 521 g/mol. The second-order valence-corrected chi connectivity index (χ2v) is 9.11. The lowest BCUT2D eigenvalue weighted by Gasteiger charge is -2.37. The monoisotopic (exact) mass is 520 g/mol. The normalized spacial score (nSPS) is 17.7. The molecule has 0 spiro atoms. The van der Waals surface area contributed by atoms with Gasteiger partial charge in [0, 0.05) is 32.9 Å². The molecule has 0 radical (unpaired) electrons. The van der Waals surface area contributed by atoms with E-state index < -0.39 is 18.2 Å². The van der Waals surface area contributed by atoms with Gasteiger partial charge in [0.25, 0.3) is 5.91 Å². The average Bonchev–Trinajstić information content (AvgIpc) is 3.51. The van der Waals surface area contributed by atoms with Crippen LogP contribution in [-0.4, -0.2) is 74.5 Å². The van der Waals surface area contributed by atoms with Crippen LogP contribution < -0.4 is 15.0 Å². The molecule has 3 N–H and O–H groups in total. The number of carboxylic acid groups (broad SMARTS) is 1. The van der Waals surface area contributed by atoms with Gasteiger partial charge in [-0.3, -0.25) is 9.48 Å². The maximum absolute atomic E-state index is 12.9. The minimum atomic E-state index is -1.46. The van der Waals surface area contributed by atoms with E-state index in [4.69, 9.17) is 26.2 Å². The second-order valence-electron chi connectivity index (χ2n) is 7.79. The highest BCUT2D eigenvalue weighted by Gasteiger charge is 2.34. The summed E-state index contributed by atoms with van der Waals surface area (Å²) in [5, 5.41) is 30.1. The van der Waals surface area contributed by atoms with Gasteiger partial charge in [0.15, 0.2) is 5.13 Å². The Kier molecular flexibility index (Phi) is 6.92. The SMILES string of the molecule is CO[C@H]1CN(c2nc(-c3cn(C)nn3)c(OC(=O)O)s2)CC[C@H]1NC(=O)c1[nH]c(C)c(Cl)c1C#N. The highest BCUT2D eigenvalue weighted by molar-refractivity contribution is 7.18. The summed E-state index contributed by atoms with van der Waals surface area (Å²) < 4.78 is 12.0. The number of halogens is 1. The molecule has 1 aliphatic heterocycles. The third-order valence-corrected chi connectivity index (χ3v) is 6.98. The fourth-order valence-electron chi connectivity index (χ4n) is 3.81. The predicted molar refractivity (Wildman–Crippen MR) is 125 cm³/mol. The van der Waals surface area contributed by atoms with Crippen molar-refractivity contribution in [3.8, 4) is 22.5 Å².